The fourth-order valence-electron chi connectivity index (χ4n) is 5.57. The molecule has 2 aliphatic rings. The van der Waals surface area contributed by atoms with Gasteiger partial charge in [0.1, 0.15) is 12.4 Å². The van der Waals surface area contributed by atoms with E-state index in [4.69, 9.17) is 21.3 Å². The lowest BCUT2D eigenvalue weighted by Gasteiger charge is -2.30. The van der Waals surface area contributed by atoms with E-state index in [1.807, 2.05) is 71.3 Å². The fourth-order valence-corrected chi connectivity index (χ4v) is 7.21. The molecule has 7 rings (SSSR count). The van der Waals surface area contributed by atoms with Crippen LogP contribution in [0.3, 0.4) is 0 Å². The lowest BCUT2D eigenvalue weighted by molar-refractivity contribution is 0.304. The van der Waals surface area contributed by atoms with E-state index < -0.39 is 0 Å². The number of nitrogens with zero attached hydrogens (tertiary/aromatic N) is 2. The number of thiazole rings is 1. The topological polar surface area (TPSA) is 43.6 Å². The largest absolute Gasteiger partial charge is 0.488 e. The summed E-state index contributed by atoms with van der Waals surface area (Å²) in [5.41, 5.74) is 7.72. The average Bonchev–Trinajstić information content (AvgIpc) is 3.31. The normalized spacial score (nSPS) is 16.0. The van der Waals surface area contributed by atoms with Crippen LogP contribution in [0.1, 0.15) is 40.3 Å². The minimum absolute atomic E-state index is 0.0211. The van der Waals surface area contributed by atoms with E-state index in [9.17, 15) is 4.79 Å². The molecule has 1 aliphatic carbocycles. The summed E-state index contributed by atoms with van der Waals surface area (Å²) in [5, 5.41) is 0.699. The van der Waals surface area contributed by atoms with Gasteiger partial charge in [-0.3, -0.25) is 9.36 Å². The zero-order chi connectivity index (χ0) is 27.9. The van der Waals surface area contributed by atoms with Crippen molar-refractivity contribution in [2.24, 2.45) is 4.99 Å². The van der Waals surface area contributed by atoms with Crippen molar-refractivity contribution in [3.8, 4) is 5.75 Å². The van der Waals surface area contributed by atoms with Gasteiger partial charge in [-0.25, -0.2) is 4.99 Å². The van der Waals surface area contributed by atoms with Crippen LogP contribution < -0.4 is 19.6 Å². The fraction of sp³-hybridized carbons (Fsp3) is 0.118. The molecule has 0 spiro atoms. The second-order valence-electron chi connectivity index (χ2n) is 10.1. The Hall–Kier alpha value is -3.71. The Labute approximate surface area is 254 Å². The van der Waals surface area contributed by atoms with Crippen LogP contribution in [0.4, 0.5) is 0 Å². The summed E-state index contributed by atoms with van der Waals surface area (Å²) in [6, 6.07) is 32.1. The number of allylic oxidation sites excluding steroid dienone is 1. The molecule has 4 aromatic carbocycles. The maximum absolute atomic E-state index is 14.0. The van der Waals surface area contributed by atoms with Crippen LogP contribution in [-0.2, 0) is 13.0 Å². The van der Waals surface area contributed by atoms with Gasteiger partial charge in [0, 0.05) is 10.6 Å². The highest BCUT2D eigenvalue weighted by molar-refractivity contribution is 9.10. The highest BCUT2D eigenvalue weighted by atomic mass is 79.9. The predicted molar refractivity (Wildman–Crippen MR) is 169 cm³/mol. The quantitative estimate of drug-likeness (QED) is 0.202. The zero-order valence-electron chi connectivity index (χ0n) is 21.9. The summed E-state index contributed by atoms with van der Waals surface area (Å²) >= 11 is 11.1. The van der Waals surface area contributed by atoms with E-state index in [2.05, 4.69) is 52.3 Å². The Morgan fingerprint density at radius 1 is 0.976 bits per heavy atom. The van der Waals surface area contributed by atoms with Crippen molar-refractivity contribution < 1.29 is 4.74 Å². The number of benzene rings is 4. The molecule has 1 aromatic heterocycles. The summed E-state index contributed by atoms with van der Waals surface area (Å²) in [6.07, 6.45) is 3.76. The van der Waals surface area contributed by atoms with Crippen molar-refractivity contribution in [2.75, 3.05) is 0 Å². The molecule has 0 amide bonds. The first kappa shape index (κ1) is 26.2. The van der Waals surface area contributed by atoms with Crippen LogP contribution in [0.2, 0.25) is 5.02 Å². The molecule has 0 fully saturated rings. The van der Waals surface area contributed by atoms with Gasteiger partial charge in [0.15, 0.2) is 4.80 Å². The molecule has 0 bridgehead atoms. The predicted octanol–water partition coefficient (Wildman–Crippen LogP) is 7.31. The molecule has 41 heavy (non-hydrogen) atoms. The lowest BCUT2D eigenvalue weighted by atomic mass is 9.83. The second-order valence-corrected chi connectivity index (χ2v) is 12.4. The van der Waals surface area contributed by atoms with Crippen LogP contribution in [0.25, 0.3) is 11.8 Å². The molecular formula is C34H24BrClN2O2S. The molecule has 0 N–H and O–H groups in total. The number of hydrogen-bond acceptors (Lipinski definition) is 4. The highest BCUT2D eigenvalue weighted by Gasteiger charge is 2.32. The summed E-state index contributed by atoms with van der Waals surface area (Å²) in [6.45, 7) is 0.432. The van der Waals surface area contributed by atoms with Crippen molar-refractivity contribution in [2.45, 2.75) is 25.5 Å². The van der Waals surface area contributed by atoms with Gasteiger partial charge < -0.3 is 4.74 Å². The Morgan fingerprint density at radius 3 is 2.56 bits per heavy atom. The Bertz CT molecular complexity index is 2000. The Morgan fingerprint density at radius 2 is 1.76 bits per heavy atom. The molecule has 7 heteroatoms. The minimum atomic E-state index is -0.173. The summed E-state index contributed by atoms with van der Waals surface area (Å²) in [7, 11) is 0. The first-order valence-corrected chi connectivity index (χ1v) is 15.4. The molecule has 0 radical (unpaired) electrons. The van der Waals surface area contributed by atoms with Crippen molar-refractivity contribution in [3.05, 3.63) is 160 Å². The monoisotopic (exact) mass is 638 g/mol. The molecule has 1 aliphatic heterocycles. The molecule has 5 aromatic rings. The Kier molecular flexibility index (Phi) is 6.99. The van der Waals surface area contributed by atoms with E-state index in [1.54, 1.807) is 0 Å². The van der Waals surface area contributed by atoms with Crippen LogP contribution in [0, 0.1) is 0 Å². The van der Waals surface area contributed by atoms with Crippen molar-refractivity contribution >= 4 is 50.6 Å². The van der Waals surface area contributed by atoms with Crippen molar-refractivity contribution in [3.63, 3.8) is 0 Å². The zero-order valence-corrected chi connectivity index (χ0v) is 25.0. The van der Waals surface area contributed by atoms with E-state index in [0.717, 1.165) is 50.3 Å². The lowest BCUT2D eigenvalue weighted by Crippen LogP contribution is -2.38. The van der Waals surface area contributed by atoms with Gasteiger partial charge in [0.05, 0.1) is 20.7 Å². The third-order valence-electron chi connectivity index (χ3n) is 7.55. The summed E-state index contributed by atoms with van der Waals surface area (Å²) in [4.78, 5) is 19.8. The number of aryl methyl sites for hydroxylation is 1. The highest BCUT2D eigenvalue weighted by Crippen LogP contribution is 2.41. The second kappa shape index (κ2) is 10.9. The van der Waals surface area contributed by atoms with Gasteiger partial charge >= 0.3 is 0 Å². The van der Waals surface area contributed by atoms with Gasteiger partial charge in [-0.05, 0) is 86.9 Å². The van der Waals surface area contributed by atoms with Crippen molar-refractivity contribution in [1.82, 2.24) is 4.57 Å². The Balaban J connectivity index is 1.28. The van der Waals surface area contributed by atoms with Gasteiger partial charge in [-0.15, -0.1) is 0 Å². The molecule has 1 unspecified atom stereocenters. The molecule has 4 nitrogen and oxygen atoms in total. The van der Waals surface area contributed by atoms with E-state index >= 15 is 0 Å². The van der Waals surface area contributed by atoms with Crippen molar-refractivity contribution in [1.29, 1.82) is 0 Å². The third-order valence-corrected chi connectivity index (χ3v) is 9.40. The third kappa shape index (κ3) is 5.01. The first-order chi connectivity index (χ1) is 20.0. The van der Waals surface area contributed by atoms with E-state index in [1.165, 1.54) is 28.0 Å². The standard InChI is InChI=1S/C34H24BrClN2O2S/c35-28-18-22(12-17-29(28)40-20-21-10-14-25(36)15-11-21)19-30-33(39)38-32(24-7-2-1-3-8-24)27-16-13-23-6-4-5-9-26(23)31(27)37-34(38)41-30/h1-12,14-15,17-19,32H,13,16,20H2/b30-19+. The van der Waals surface area contributed by atoms with Gasteiger partial charge in [-0.1, -0.05) is 95.7 Å². The minimum Gasteiger partial charge on any atom is -0.488 e. The maximum atomic E-state index is 14.0. The summed E-state index contributed by atoms with van der Waals surface area (Å²) in [5.74, 6) is 0.731. The summed E-state index contributed by atoms with van der Waals surface area (Å²) < 4.78 is 9.38. The van der Waals surface area contributed by atoms with Crippen LogP contribution in [0.15, 0.2) is 117 Å². The molecule has 0 saturated heterocycles. The smallest absolute Gasteiger partial charge is 0.271 e. The molecule has 0 saturated carbocycles. The molecular weight excluding hydrogens is 616 g/mol. The number of aromatic nitrogens is 1. The molecule has 202 valence electrons. The van der Waals surface area contributed by atoms with Gasteiger partial charge in [-0.2, -0.15) is 0 Å². The maximum Gasteiger partial charge on any atom is 0.271 e. The van der Waals surface area contributed by atoms with Gasteiger partial charge in [0.2, 0.25) is 0 Å². The van der Waals surface area contributed by atoms with Crippen LogP contribution >= 0.6 is 38.9 Å². The molecule has 2 heterocycles. The van der Waals surface area contributed by atoms with Crippen LogP contribution in [-0.4, -0.2) is 4.57 Å². The van der Waals surface area contributed by atoms with Gasteiger partial charge in [0.25, 0.3) is 5.56 Å². The van der Waals surface area contributed by atoms with Crippen LogP contribution in [0.5, 0.6) is 5.75 Å². The van der Waals surface area contributed by atoms with E-state index in [-0.39, 0.29) is 11.6 Å². The molecule has 1 atom stereocenters. The SMILES string of the molecule is O=c1/c(=C\c2ccc(OCc3ccc(Cl)cc3)c(Br)c2)sc2n1C(c1ccccc1)C1=C(N=2)c2ccccc2CC1. The number of halogens is 2. The average molecular weight is 640 g/mol. The number of ether oxygens (including phenoxy) is 1. The van der Waals surface area contributed by atoms with E-state index in [0.29, 0.717) is 16.2 Å². The number of hydrogen-bond donors (Lipinski definition) is 0. The number of rotatable bonds is 5. The number of fused-ring (bicyclic) bond motifs is 3. The first-order valence-electron chi connectivity index (χ1n) is 13.4.